The maximum atomic E-state index is 12.1. The van der Waals surface area contributed by atoms with Gasteiger partial charge < -0.3 is 28.4 Å². The van der Waals surface area contributed by atoms with Gasteiger partial charge >= 0.3 is 17.9 Å². The smallest absolute Gasteiger partial charge is 0.344 e. The van der Waals surface area contributed by atoms with Crippen molar-refractivity contribution >= 4 is 28.8 Å². The van der Waals surface area contributed by atoms with Gasteiger partial charge in [0.1, 0.15) is 34.1 Å². The highest BCUT2D eigenvalue weighted by molar-refractivity contribution is 7.97. The van der Waals surface area contributed by atoms with Crippen molar-refractivity contribution in [3.05, 3.63) is 72.8 Å². The van der Waals surface area contributed by atoms with E-state index in [0.29, 0.717) is 17.2 Å². The Kier molecular flexibility index (Phi) is 12.2. The van der Waals surface area contributed by atoms with Crippen LogP contribution in [0.15, 0.2) is 87.5 Å². The molecule has 0 atom stereocenters. The molecule has 0 N–H and O–H groups in total. The van der Waals surface area contributed by atoms with Crippen molar-refractivity contribution in [1.82, 2.24) is 0 Å². The highest BCUT2D eigenvalue weighted by atomic mass is 32.2. The first-order valence-electron chi connectivity index (χ1n) is 15.0. The van der Waals surface area contributed by atoms with E-state index in [2.05, 4.69) is 0 Å². The van der Waals surface area contributed by atoms with Gasteiger partial charge in [-0.2, -0.15) is 0 Å². The van der Waals surface area contributed by atoms with Crippen LogP contribution in [0.3, 0.4) is 0 Å². The Hall–Kier alpha value is -4.18. The predicted octanol–water partition coefficient (Wildman–Crippen LogP) is 6.94. The van der Waals surface area contributed by atoms with Crippen LogP contribution in [0.5, 0.6) is 17.2 Å². The molecule has 0 aromatic heterocycles. The topological polar surface area (TPSA) is 107 Å². The molecular formula is C36H45O9S+. The van der Waals surface area contributed by atoms with Gasteiger partial charge in [-0.3, -0.25) is 0 Å². The van der Waals surface area contributed by atoms with Gasteiger partial charge in [-0.15, -0.1) is 0 Å². The summed E-state index contributed by atoms with van der Waals surface area (Å²) in [4.78, 5) is 39.3. The third-order valence-electron chi connectivity index (χ3n) is 5.51. The van der Waals surface area contributed by atoms with Crippen LogP contribution in [0.4, 0.5) is 0 Å². The number of hydrogen-bond acceptors (Lipinski definition) is 9. The normalized spacial score (nSPS) is 11.9. The van der Waals surface area contributed by atoms with Crippen LogP contribution in [0, 0.1) is 0 Å². The van der Waals surface area contributed by atoms with Crippen LogP contribution in [-0.4, -0.2) is 54.5 Å². The summed E-state index contributed by atoms with van der Waals surface area (Å²) in [5, 5.41) is 0. The van der Waals surface area contributed by atoms with Crippen LogP contribution in [0.25, 0.3) is 0 Å². The SMILES string of the molecule is CC(C)(C)OC(=O)COc1ccc([S+](c2ccc(OCC(=O)OC(C)(C)C)cc2)c2ccc(OCC(=O)OC(C)(C)C)cc2)cc1. The van der Waals surface area contributed by atoms with Crippen molar-refractivity contribution in [1.29, 1.82) is 0 Å². The molecule has 248 valence electrons. The molecule has 0 aliphatic rings. The summed E-state index contributed by atoms with van der Waals surface area (Å²) in [6, 6.07) is 22.6. The average Bonchev–Trinajstić information content (AvgIpc) is 2.93. The van der Waals surface area contributed by atoms with Gasteiger partial charge in [0.25, 0.3) is 0 Å². The fraction of sp³-hybridized carbons (Fsp3) is 0.417. The minimum absolute atomic E-state index is 0.197. The third kappa shape index (κ3) is 13.0. The number of hydrogen-bond donors (Lipinski definition) is 0. The first kappa shape index (κ1) is 36.3. The van der Waals surface area contributed by atoms with E-state index in [1.165, 1.54) is 0 Å². The Bertz CT molecular complexity index is 1260. The van der Waals surface area contributed by atoms with Crippen molar-refractivity contribution in [2.24, 2.45) is 0 Å². The van der Waals surface area contributed by atoms with E-state index in [-0.39, 0.29) is 19.8 Å². The first-order valence-corrected chi connectivity index (χ1v) is 16.2. The van der Waals surface area contributed by atoms with Gasteiger partial charge in [-0.25, -0.2) is 14.4 Å². The van der Waals surface area contributed by atoms with Crippen molar-refractivity contribution in [2.75, 3.05) is 19.8 Å². The lowest BCUT2D eigenvalue weighted by molar-refractivity contribution is -0.158. The molecule has 3 aromatic rings. The number of carbonyl (C=O) groups is 3. The number of carbonyl (C=O) groups excluding carboxylic acids is 3. The lowest BCUT2D eigenvalue weighted by atomic mass is 10.2. The van der Waals surface area contributed by atoms with Crippen molar-refractivity contribution in [3.8, 4) is 17.2 Å². The highest BCUT2D eigenvalue weighted by Crippen LogP contribution is 2.34. The lowest BCUT2D eigenvalue weighted by Crippen LogP contribution is -2.27. The molecule has 0 aliphatic carbocycles. The van der Waals surface area contributed by atoms with Crippen molar-refractivity contribution in [2.45, 2.75) is 93.8 Å². The Morgan fingerprint density at radius 2 is 0.652 bits per heavy atom. The van der Waals surface area contributed by atoms with Gasteiger partial charge in [-0.1, -0.05) is 0 Å². The maximum Gasteiger partial charge on any atom is 0.344 e. The highest BCUT2D eigenvalue weighted by Gasteiger charge is 2.29. The summed E-state index contributed by atoms with van der Waals surface area (Å²) in [6.45, 7) is 15.7. The van der Waals surface area contributed by atoms with Crippen LogP contribution in [0.1, 0.15) is 62.3 Å². The van der Waals surface area contributed by atoms with E-state index in [1.807, 2.05) is 72.8 Å². The summed E-state index contributed by atoms with van der Waals surface area (Å²) in [7, 11) is -0.559. The fourth-order valence-corrected chi connectivity index (χ4v) is 6.01. The van der Waals surface area contributed by atoms with Crippen molar-refractivity contribution < 1.29 is 42.8 Å². The molecule has 0 unspecified atom stereocenters. The Balaban J connectivity index is 1.80. The molecule has 0 amide bonds. The van der Waals surface area contributed by atoms with E-state index in [4.69, 9.17) is 28.4 Å². The summed E-state index contributed by atoms with van der Waals surface area (Å²) in [5.74, 6) is 0.276. The molecule has 46 heavy (non-hydrogen) atoms. The maximum absolute atomic E-state index is 12.1. The first-order chi connectivity index (χ1) is 21.4. The molecule has 0 fully saturated rings. The minimum Gasteiger partial charge on any atom is -0.482 e. The lowest BCUT2D eigenvalue weighted by Gasteiger charge is -2.19. The molecular weight excluding hydrogens is 608 g/mol. The van der Waals surface area contributed by atoms with Crippen LogP contribution in [-0.2, 0) is 39.5 Å². The van der Waals surface area contributed by atoms with Gasteiger partial charge in [0.05, 0.1) is 10.9 Å². The standard InChI is InChI=1S/C36H45O9S/c1-34(2,3)43-31(37)22-40-25-10-16-28(17-11-25)46(29-18-12-26(13-19-29)41-23-32(38)44-35(4,5)6)30-20-14-27(15-21-30)42-24-33(39)45-36(7,8)9/h10-21H,22-24H2,1-9H3/q+1. The van der Waals surface area contributed by atoms with E-state index in [9.17, 15) is 14.4 Å². The van der Waals surface area contributed by atoms with Crippen LogP contribution in [0.2, 0.25) is 0 Å². The van der Waals surface area contributed by atoms with Gasteiger partial charge in [-0.05, 0) is 135 Å². The van der Waals surface area contributed by atoms with Crippen molar-refractivity contribution in [3.63, 3.8) is 0 Å². The van der Waals surface area contributed by atoms with Gasteiger partial charge in [0.2, 0.25) is 0 Å². The average molecular weight is 654 g/mol. The number of rotatable bonds is 12. The Morgan fingerprint density at radius 3 is 0.848 bits per heavy atom. The summed E-state index contributed by atoms with van der Waals surface area (Å²) < 4.78 is 33.0. The van der Waals surface area contributed by atoms with Gasteiger partial charge in [0.15, 0.2) is 34.5 Å². The molecule has 0 heterocycles. The quantitative estimate of drug-likeness (QED) is 0.117. The second kappa shape index (κ2) is 15.4. The minimum atomic E-state index is -0.592. The van der Waals surface area contributed by atoms with Crippen LogP contribution >= 0.6 is 0 Å². The zero-order valence-electron chi connectivity index (χ0n) is 28.1. The van der Waals surface area contributed by atoms with Crippen LogP contribution < -0.4 is 14.2 Å². The molecule has 9 nitrogen and oxygen atoms in total. The zero-order valence-corrected chi connectivity index (χ0v) is 28.9. The third-order valence-corrected chi connectivity index (χ3v) is 7.74. The second-order valence-corrected chi connectivity index (χ2v) is 15.4. The van der Waals surface area contributed by atoms with E-state index in [0.717, 1.165) is 14.7 Å². The number of esters is 3. The molecule has 0 spiro atoms. The van der Waals surface area contributed by atoms with E-state index in [1.54, 1.807) is 62.3 Å². The Labute approximate surface area is 274 Å². The molecule has 0 saturated heterocycles. The predicted molar refractivity (Wildman–Crippen MR) is 176 cm³/mol. The molecule has 0 radical (unpaired) electrons. The molecule has 10 heteroatoms. The molecule has 0 bridgehead atoms. The monoisotopic (exact) mass is 653 g/mol. The van der Waals surface area contributed by atoms with E-state index < -0.39 is 45.6 Å². The molecule has 3 aromatic carbocycles. The molecule has 3 rings (SSSR count). The Morgan fingerprint density at radius 1 is 0.435 bits per heavy atom. The molecule has 0 aliphatic heterocycles. The zero-order chi connectivity index (χ0) is 34.1. The summed E-state index contributed by atoms with van der Waals surface area (Å²) in [6.07, 6.45) is 0. The van der Waals surface area contributed by atoms with Gasteiger partial charge in [0, 0.05) is 0 Å². The summed E-state index contributed by atoms with van der Waals surface area (Å²) in [5.41, 5.74) is -1.78. The number of benzene rings is 3. The second-order valence-electron chi connectivity index (χ2n) is 13.3. The summed E-state index contributed by atoms with van der Waals surface area (Å²) >= 11 is 0. The largest absolute Gasteiger partial charge is 0.482 e. The fourth-order valence-electron chi connectivity index (χ4n) is 3.96. The number of ether oxygens (including phenoxy) is 6. The molecule has 0 saturated carbocycles. The van der Waals surface area contributed by atoms with E-state index >= 15 is 0 Å².